The number of rotatable bonds is 3. The van der Waals surface area contributed by atoms with Gasteiger partial charge in [0.05, 0.1) is 13.0 Å². The van der Waals surface area contributed by atoms with Crippen molar-refractivity contribution in [3.05, 3.63) is 51.8 Å². The number of hydrogen-bond acceptors (Lipinski definition) is 5. The summed E-state index contributed by atoms with van der Waals surface area (Å²) in [6, 6.07) is 4.86. The Bertz CT molecular complexity index is 894. The van der Waals surface area contributed by atoms with Gasteiger partial charge in [-0.05, 0) is 31.2 Å². The Hall–Kier alpha value is -2.26. The van der Waals surface area contributed by atoms with Crippen LogP contribution in [0.15, 0.2) is 35.6 Å². The number of nitrogens with zero attached hydrogens (tertiary/aromatic N) is 3. The van der Waals surface area contributed by atoms with E-state index in [1.54, 1.807) is 6.92 Å². The monoisotopic (exact) mass is 421 g/mol. The van der Waals surface area contributed by atoms with E-state index < -0.39 is 24.2 Å². The number of esters is 1. The molecule has 0 aliphatic carbocycles. The molecule has 144 valence electrons. The van der Waals surface area contributed by atoms with Crippen molar-refractivity contribution in [3.63, 3.8) is 0 Å². The average molecular weight is 422 g/mol. The van der Waals surface area contributed by atoms with Crippen LogP contribution in [0.2, 0.25) is 10.0 Å². The van der Waals surface area contributed by atoms with Gasteiger partial charge in [0.2, 0.25) is 0 Å². The van der Waals surface area contributed by atoms with Gasteiger partial charge in [0.25, 0.3) is 5.60 Å². The maximum Gasteiger partial charge on any atom is 0.435 e. The number of carbonyl (C=O) groups excluding carboxylic acids is 1. The SMILES string of the molecule is CCOC(=O)c1ccn(C2=NOC(c3cc(Cl)cc(Cl)c3)(C(F)(F)F)C2)n1. The molecule has 1 aliphatic rings. The minimum absolute atomic E-state index is 0.0295. The molecule has 2 aromatic rings. The molecule has 3 rings (SSSR count). The summed E-state index contributed by atoms with van der Waals surface area (Å²) in [7, 11) is 0. The van der Waals surface area contributed by atoms with Gasteiger partial charge in [0, 0.05) is 21.8 Å². The summed E-state index contributed by atoms with van der Waals surface area (Å²) in [4.78, 5) is 16.5. The Morgan fingerprint density at radius 1 is 1.33 bits per heavy atom. The lowest BCUT2D eigenvalue weighted by Crippen LogP contribution is -2.43. The molecule has 1 aliphatic heterocycles. The number of carbonyl (C=O) groups is 1. The Morgan fingerprint density at radius 2 is 2.00 bits per heavy atom. The zero-order valence-electron chi connectivity index (χ0n) is 13.8. The van der Waals surface area contributed by atoms with Gasteiger partial charge in [-0.2, -0.15) is 18.3 Å². The highest BCUT2D eigenvalue weighted by Crippen LogP contribution is 2.49. The van der Waals surface area contributed by atoms with Crippen LogP contribution in [0.3, 0.4) is 0 Å². The highest BCUT2D eigenvalue weighted by Gasteiger charge is 2.62. The van der Waals surface area contributed by atoms with Crippen molar-refractivity contribution in [1.29, 1.82) is 0 Å². The second-order valence-corrected chi connectivity index (χ2v) is 6.50. The average Bonchev–Trinajstić information content (AvgIpc) is 3.21. The first-order valence-electron chi connectivity index (χ1n) is 7.68. The Labute approximate surface area is 161 Å². The van der Waals surface area contributed by atoms with Crippen LogP contribution in [0.5, 0.6) is 0 Å². The summed E-state index contributed by atoms with van der Waals surface area (Å²) in [6.45, 7) is 1.76. The molecule has 0 saturated carbocycles. The minimum Gasteiger partial charge on any atom is -0.461 e. The van der Waals surface area contributed by atoms with Gasteiger partial charge in [-0.15, -0.1) is 0 Å². The van der Waals surface area contributed by atoms with Gasteiger partial charge in [-0.25, -0.2) is 9.48 Å². The first-order valence-corrected chi connectivity index (χ1v) is 8.43. The van der Waals surface area contributed by atoms with Crippen LogP contribution >= 0.6 is 23.2 Å². The van der Waals surface area contributed by atoms with Gasteiger partial charge in [0.15, 0.2) is 11.5 Å². The summed E-state index contributed by atoms with van der Waals surface area (Å²) in [5, 5.41) is 7.50. The summed E-state index contributed by atoms with van der Waals surface area (Å²) in [5.74, 6) is -0.835. The number of oxime groups is 1. The van der Waals surface area contributed by atoms with E-state index in [2.05, 4.69) is 10.3 Å². The molecule has 27 heavy (non-hydrogen) atoms. The quantitative estimate of drug-likeness (QED) is 0.688. The van der Waals surface area contributed by atoms with Crippen LogP contribution in [0.25, 0.3) is 0 Å². The number of benzene rings is 1. The highest BCUT2D eigenvalue weighted by atomic mass is 35.5. The van der Waals surface area contributed by atoms with Crippen molar-refractivity contribution in [2.75, 3.05) is 6.61 Å². The first kappa shape index (κ1) is 19.5. The lowest BCUT2D eigenvalue weighted by Gasteiger charge is -2.29. The summed E-state index contributed by atoms with van der Waals surface area (Å²) in [5.41, 5.74) is -3.12. The van der Waals surface area contributed by atoms with E-state index in [0.717, 1.165) is 16.8 Å². The summed E-state index contributed by atoms with van der Waals surface area (Å²) in [6.07, 6.45) is -4.20. The van der Waals surface area contributed by atoms with Gasteiger partial charge < -0.3 is 9.57 Å². The molecule has 0 N–H and O–H groups in total. The van der Waals surface area contributed by atoms with Gasteiger partial charge >= 0.3 is 12.1 Å². The Kier molecular flexibility index (Phi) is 5.09. The van der Waals surface area contributed by atoms with Gasteiger partial charge in [0.1, 0.15) is 0 Å². The summed E-state index contributed by atoms with van der Waals surface area (Å²) < 4.78 is 47.5. The van der Waals surface area contributed by atoms with E-state index in [1.165, 1.54) is 18.3 Å². The van der Waals surface area contributed by atoms with Gasteiger partial charge in [-0.3, -0.25) is 0 Å². The van der Waals surface area contributed by atoms with Crippen LogP contribution in [-0.2, 0) is 15.2 Å². The maximum absolute atomic E-state index is 13.9. The lowest BCUT2D eigenvalue weighted by atomic mass is 9.89. The molecule has 2 heterocycles. The van der Waals surface area contributed by atoms with E-state index in [9.17, 15) is 18.0 Å². The van der Waals surface area contributed by atoms with E-state index in [4.69, 9.17) is 32.8 Å². The van der Waals surface area contributed by atoms with Crippen molar-refractivity contribution in [2.45, 2.75) is 25.1 Å². The summed E-state index contributed by atoms with van der Waals surface area (Å²) >= 11 is 11.7. The second-order valence-electron chi connectivity index (χ2n) is 5.62. The fourth-order valence-electron chi connectivity index (χ4n) is 2.58. The second kappa shape index (κ2) is 7.05. The Balaban J connectivity index is 1.94. The molecule has 0 bridgehead atoms. The maximum atomic E-state index is 13.9. The van der Waals surface area contributed by atoms with Gasteiger partial charge in [-0.1, -0.05) is 28.4 Å². The van der Waals surface area contributed by atoms with Crippen LogP contribution in [0.1, 0.15) is 29.4 Å². The number of alkyl halides is 3. The van der Waals surface area contributed by atoms with Crippen LogP contribution in [0, 0.1) is 0 Å². The molecule has 0 spiro atoms. The zero-order valence-corrected chi connectivity index (χ0v) is 15.3. The van der Waals surface area contributed by atoms with Crippen molar-refractivity contribution in [2.24, 2.45) is 5.16 Å². The molecule has 1 aromatic carbocycles. The number of halogens is 5. The fourth-order valence-corrected chi connectivity index (χ4v) is 3.11. The lowest BCUT2D eigenvalue weighted by molar-refractivity contribution is -0.275. The molecular weight excluding hydrogens is 410 g/mol. The largest absolute Gasteiger partial charge is 0.461 e. The van der Waals surface area contributed by atoms with Crippen molar-refractivity contribution in [1.82, 2.24) is 9.78 Å². The molecule has 1 aromatic heterocycles. The fraction of sp³-hybridized carbons (Fsp3) is 0.312. The normalized spacial score (nSPS) is 19.6. The Morgan fingerprint density at radius 3 is 2.59 bits per heavy atom. The van der Waals surface area contributed by atoms with Crippen molar-refractivity contribution >= 4 is 35.0 Å². The first-order chi connectivity index (χ1) is 12.7. The van der Waals surface area contributed by atoms with Crippen molar-refractivity contribution in [3.8, 4) is 0 Å². The third-order valence-electron chi connectivity index (χ3n) is 3.84. The third kappa shape index (κ3) is 3.61. The molecule has 6 nitrogen and oxygen atoms in total. The van der Waals surface area contributed by atoms with E-state index in [1.807, 2.05) is 0 Å². The predicted octanol–water partition coefficient (Wildman–Crippen LogP) is 4.41. The van der Waals surface area contributed by atoms with E-state index >= 15 is 0 Å². The minimum atomic E-state index is -4.82. The standard InChI is InChI=1S/C16H12Cl2F3N3O3/c1-2-26-14(25)12-3-4-24(22-12)13-8-15(27-23-13,16(19,20)21)9-5-10(17)7-11(18)6-9/h3-7H,2,8H2,1H3. The molecule has 0 amide bonds. The molecular formula is C16H12Cl2F3N3O3. The smallest absolute Gasteiger partial charge is 0.435 e. The van der Waals surface area contributed by atoms with E-state index in [0.29, 0.717) is 0 Å². The van der Waals surface area contributed by atoms with Crippen molar-refractivity contribution < 1.29 is 27.5 Å². The number of hydrogen-bond donors (Lipinski definition) is 0. The third-order valence-corrected chi connectivity index (χ3v) is 4.28. The van der Waals surface area contributed by atoms with Crippen LogP contribution in [0.4, 0.5) is 13.2 Å². The van der Waals surface area contributed by atoms with Crippen LogP contribution < -0.4 is 0 Å². The molecule has 0 saturated heterocycles. The highest BCUT2D eigenvalue weighted by molar-refractivity contribution is 6.34. The molecule has 11 heteroatoms. The topological polar surface area (TPSA) is 65.7 Å². The molecule has 0 radical (unpaired) electrons. The predicted molar refractivity (Wildman–Crippen MR) is 90.9 cm³/mol. The molecule has 0 fully saturated rings. The molecule has 1 atom stereocenters. The number of aromatic nitrogens is 2. The zero-order chi connectivity index (χ0) is 19.8. The molecule has 1 unspecified atom stereocenters. The number of ether oxygens (including phenoxy) is 1. The van der Waals surface area contributed by atoms with Crippen LogP contribution in [-0.4, -0.2) is 34.4 Å². The van der Waals surface area contributed by atoms with E-state index in [-0.39, 0.29) is 33.7 Å².